The van der Waals surface area contributed by atoms with E-state index in [1.807, 2.05) is 33.2 Å². The number of H-pyrrole nitrogens is 2. The summed E-state index contributed by atoms with van der Waals surface area (Å²) in [4.78, 5) is 38.2. The van der Waals surface area contributed by atoms with Gasteiger partial charge in [0.1, 0.15) is 17.2 Å². The minimum Gasteiger partial charge on any atom is -0.444 e. The van der Waals surface area contributed by atoms with Gasteiger partial charge in [-0.25, -0.2) is 14.8 Å². The largest absolute Gasteiger partial charge is 0.444 e. The first kappa shape index (κ1) is 29.0. The number of nitrogens with zero attached hydrogens (tertiary/aromatic N) is 4. The average Bonchev–Trinajstić information content (AvgIpc) is 3.83. The lowest BCUT2D eigenvalue weighted by Crippen LogP contribution is -2.36. The monoisotopic (exact) mass is 626 g/mol. The minimum absolute atomic E-state index is 0.0901. The number of thiophene rings is 2. The van der Waals surface area contributed by atoms with Crippen molar-refractivity contribution >= 4 is 28.8 Å². The van der Waals surface area contributed by atoms with Crippen molar-refractivity contribution in [2.75, 3.05) is 20.1 Å². The predicted octanol–water partition coefficient (Wildman–Crippen LogP) is 8.76. The van der Waals surface area contributed by atoms with Crippen molar-refractivity contribution in [3.05, 3.63) is 72.6 Å². The van der Waals surface area contributed by atoms with Gasteiger partial charge >= 0.3 is 6.09 Å². The molecule has 2 fully saturated rings. The van der Waals surface area contributed by atoms with Gasteiger partial charge in [0.25, 0.3) is 0 Å². The summed E-state index contributed by atoms with van der Waals surface area (Å²) in [6, 6.07) is 17.8. The lowest BCUT2D eigenvalue weighted by atomic mass is 10.1. The van der Waals surface area contributed by atoms with Crippen LogP contribution in [0.25, 0.3) is 42.0 Å². The van der Waals surface area contributed by atoms with Crippen LogP contribution in [0, 0.1) is 0 Å². The Labute approximate surface area is 266 Å². The van der Waals surface area contributed by atoms with E-state index in [0.717, 1.165) is 53.7 Å². The maximum Gasteiger partial charge on any atom is 0.410 e. The Kier molecular flexibility index (Phi) is 7.68. The Morgan fingerprint density at radius 1 is 0.773 bits per heavy atom. The van der Waals surface area contributed by atoms with E-state index in [-0.39, 0.29) is 12.1 Å². The summed E-state index contributed by atoms with van der Waals surface area (Å²) in [5.74, 6) is 1.89. The molecular weight excluding hydrogens is 589 g/mol. The third-order valence-electron chi connectivity index (χ3n) is 8.42. The van der Waals surface area contributed by atoms with Gasteiger partial charge in [-0.2, -0.15) is 0 Å². The smallest absolute Gasteiger partial charge is 0.410 e. The molecule has 1 amide bonds. The molecule has 8 nitrogen and oxygen atoms in total. The molecule has 1 aromatic carbocycles. The molecule has 4 aromatic heterocycles. The van der Waals surface area contributed by atoms with E-state index < -0.39 is 5.60 Å². The molecule has 0 spiro atoms. The van der Waals surface area contributed by atoms with Crippen LogP contribution in [0.1, 0.15) is 70.2 Å². The van der Waals surface area contributed by atoms with Crippen LogP contribution in [0.3, 0.4) is 0 Å². The summed E-state index contributed by atoms with van der Waals surface area (Å²) in [5, 5.41) is 0. The first-order valence-corrected chi connectivity index (χ1v) is 17.0. The highest BCUT2D eigenvalue weighted by atomic mass is 32.1. The zero-order valence-corrected chi connectivity index (χ0v) is 27.2. The molecule has 44 heavy (non-hydrogen) atoms. The Morgan fingerprint density at radius 3 is 1.80 bits per heavy atom. The summed E-state index contributed by atoms with van der Waals surface area (Å²) in [6.45, 7) is 7.51. The fraction of sp³-hybridized carbons (Fsp3) is 0.382. The number of nitrogens with one attached hydrogen (secondary N) is 2. The third kappa shape index (κ3) is 5.86. The van der Waals surface area contributed by atoms with E-state index in [1.54, 1.807) is 27.6 Å². The Hall–Kier alpha value is -3.73. The van der Waals surface area contributed by atoms with Crippen LogP contribution in [0.2, 0.25) is 0 Å². The Bertz CT molecular complexity index is 1760. The maximum atomic E-state index is 12.8. The highest BCUT2D eigenvalue weighted by molar-refractivity contribution is 7.19. The molecule has 5 aromatic rings. The number of ether oxygens (including phenoxy) is 1. The van der Waals surface area contributed by atoms with E-state index in [0.29, 0.717) is 12.6 Å². The number of benzene rings is 1. The van der Waals surface area contributed by atoms with Crippen LogP contribution >= 0.6 is 22.7 Å². The van der Waals surface area contributed by atoms with Gasteiger partial charge in [0, 0.05) is 16.3 Å². The lowest BCUT2D eigenvalue weighted by Gasteiger charge is -2.27. The van der Waals surface area contributed by atoms with Crippen molar-refractivity contribution in [2.45, 2.75) is 64.1 Å². The van der Waals surface area contributed by atoms with Crippen molar-refractivity contribution in [3.63, 3.8) is 0 Å². The van der Waals surface area contributed by atoms with E-state index in [1.165, 1.54) is 32.2 Å². The fourth-order valence-corrected chi connectivity index (χ4v) is 8.14. The van der Waals surface area contributed by atoms with E-state index in [9.17, 15) is 4.79 Å². The number of hydrogen-bond acceptors (Lipinski definition) is 7. The first-order chi connectivity index (χ1) is 21.2. The van der Waals surface area contributed by atoms with Gasteiger partial charge in [0.15, 0.2) is 0 Å². The molecule has 228 valence electrons. The van der Waals surface area contributed by atoms with Crippen molar-refractivity contribution in [1.82, 2.24) is 29.7 Å². The van der Waals surface area contributed by atoms with Crippen molar-refractivity contribution in [3.8, 4) is 42.0 Å². The molecule has 0 aliphatic carbocycles. The number of rotatable bonds is 6. The van der Waals surface area contributed by atoms with Crippen molar-refractivity contribution < 1.29 is 9.53 Å². The second-order valence-electron chi connectivity index (χ2n) is 12.7. The highest BCUT2D eigenvalue weighted by Crippen LogP contribution is 2.39. The number of carbonyl (C=O) groups is 1. The Morgan fingerprint density at radius 2 is 1.27 bits per heavy atom. The first-order valence-electron chi connectivity index (χ1n) is 15.3. The molecule has 2 atom stereocenters. The van der Waals surface area contributed by atoms with Gasteiger partial charge in [-0.3, -0.25) is 9.80 Å². The Balaban J connectivity index is 1.03. The quantitative estimate of drug-likeness (QED) is 0.197. The summed E-state index contributed by atoms with van der Waals surface area (Å²) >= 11 is 3.53. The molecular formula is C34H38N6O2S2. The number of aromatic nitrogens is 4. The number of carbonyl (C=O) groups excluding carboxylic acids is 1. The van der Waals surface area contributed by atoms with Crippen LogP contribution in [-0.4, -0.2) is 61.6 Å². The van der Waals surface area contributed by atoms with Crippen molar-refractivity contribution in [1.29, 1.82) is 0 Å². The van der Waals surface area contributed by atoms with Crippen LogP contribution in [0.15, 0.2) is 60.9 Å². The predicted molar refractivity (Wildman–Crippen MR) is 178 cm³/mol. The van der Waals surface area contributed by atoms with Gasteiger partial charge in [0.2, 0.25) is 0 Å². The number of amides is 1. The van der Waals surface area contributed by atoms with Gasteiger partial charge in [-0.05, 0) is 95.4 Å². The molecule has 2 aliphatic heterocycles. The van der Waals surface area contributed by atoms with Crippen LogP contribution < -0.4 is 0 Å². The summed E-state index contributed by atoms with van der Waals surface area (Å²) in [7, 11) is 2.18. The second-order valence-corrected chi connectivity index (χ2v) is 14.9. The van der Waals surface area contributed by atoms with Gasteiger partial charge in [-0.15, -0.1) is 22.7 Å². The molecule has 2 aliphatic rings. The molecule has 0 unspecified atom stereocenters. The zero-order valence-electron chi connectivity index (χ0n) is 25.6. The van der Waals surface area contributed by atoms with Gasteiger partial charge < -0.3 is 14.7 Å². The minimum atomic E-state index is -0.520. The lowest BCUT2D eigenvalue weighted by molar-refractivity contribution is 0.0218. The molecule has 10 heteroatoms. The van der Waals surface area contributed by atoms with Gasteiger partial charge in [0.05, 0.1) is 45.6 Å². The van der Waals surface area contributed by atoms with E-state index in [2.05, 4.69) is 75.4 Å². The molecule has 7 rings (SSSR count). The molecule has 2 saturated heterocycles. The van der Waals surface area contributed by atoms with Gasteiger partial charge in [-0.1, -0.05) is 24.3 Å². The SMILES string of the molecule is CN1CCC[C@@H]1c1ncc(-c2ccc(-c3ccc(-c4ccc(-c5cnc([C@H]6CCCN6C(=O)OC(C)(C)C)[nH]5)s4)cc3)s2)[nH]1. The summed E-state index contributed by atoms with van der Waals surface area (Å²) in [6.07, 6.45) is 7.78. The van der Waals surface area contributed by atoms with E-state index in [4.69, 9.17) is 9.72 Å². The summed E-state index contributed by atoms with van der Waals surface area (Å²) in [5.41, 5.74) is 3.94. The maximum absolute atomic E-state index is 12.8. The molecule has 2 N–H and O–H groups in total. The normalized spacial score (nSPS) is 19.2. The van der Waals surface area contributed by atoms with E-state index >= 15 is 0 Å². The molecule has 6 heterocycles. The molecule has 0 bridgehead atoms. The number of aromatic amines is 2. The summed E-state index contributed by atoms with van der Waals surface area (Å²) < 4.78 is 5.64. The number of hydrogen-bond donors (Lipinski definition) is 2. The van der Waals surface area contributed by atoms with Crippen molar-refractivity contribution in [2.24, 2.45) is 0 Å². The fourth-order valence-electron chi connectivity index (χ4n) is 6.18. The number of likely N-dealkylation sites (tertiary alicyclic amines) is 2. The standard InChI is InChI=1S/C34H38N6O2S2/c1-34(2,3)42-33(41)40-18-6-8-26(40)32-36-20-24(38-32)30-16-14-28(44-30)22-11-9-21(10-12-22)27-13-15-29(43-27)23-19-35-31(37-23)25-7-5-17-39(25)4/h9-16,19-20,25-26H,5-8,17-18H2,1-4H3,(H,35,37)(H,36,38)/t25-,26-/m1/s1. The van der Waals surface area contributed by atoms with Crippen LogP contribution in [0.5, 0.6) is 0 Å². The van der Waals surface area contributed by atoms with Crippen LogP contribution in [-0.2, 0) is 4.74 Å². The third-order valence-corrected chi connectivity index (χ3v) is 10.8. The second kappa shape index (κ2) is 11.6. The molecule has 0 radical (unpaired) electrons. The zero-order chi connectivity index (χ0) is 30.4. The number of imidazole rings is 2. The average molecular weight is 627 g/mol. The topological polar surface area (TPSA) is 90.1 Å². The molecule has 0 saturated carbocycles. The van der Waals surface area contributed by atoms with Crippen LogP contribution in [0.4, 0.5) is 4.79 Å². The highest BCUT2D eigenvalue weighted by Gasteiger charge is 2.35.